The first-order valence-corrected chi connectivity index (χ1v) is 8.08. The van der Waals surface area contributed by atoms with E-state index in [1.54, 1.807) is 6.92 Å². The Hall–Kier alpha value is -1.06. The van der Waals surface area contributed by atoms with Crippen LogP contribution in [0.2, 0.25) is 0 Å². The van der Waals surface area contributed by atoms with Gasteiger partial charge in [0, 0.05) is 29.4 Å². The fourth-order valence-corrected chi connectivity index (χ4v) is 3.69. The van der Waals surface area contributed by atoms with Crippen LogP contribution in [-0.4, -0.2) is 24.7 Å². The molecule has 3 heteroatoms. The highest BCUT2D eigenvalue weighted by atomic mass is 32.2. The number of ketones is 1. The third-order valence-corrected chi connectivity index (χ3v) is 4.95. The van der Waals surface area contributed by atoms with Crippen LogP contribution in [0.15, 0.2) is 29.7 Å². The summed E-state index contributed by atoms with van der Waals surface area (Å²) in [6, 6.07) is 5.92. The standard InChI is InChI=1S/C17H22O2S/c1-12(2)16-5-4-15(13(3)18)10-17(16)20-11-14-6-8-19-9-7-14/h4-5,10,14H,1,6-9,11H2,2-3H3. The zero-order chi connectivity index (χ0) is 14.5. The van der Waals surface area contributed by atoms with Crippen LogP contribution in [0.5, 0.6) is 0 Å². The molecular weight excluding hydrogens is 268 g/mol. The molecule has 1 aromatic rings. The molecule has 0 unspecified atom stereocenters. The lowest BCUT2D eigenvalue weighted by Gasteiger charge is -2.22. The van der Waals surface area contributed by atoms with E-state index in [1.807, 2.05) is 36.9 Å². The van der Waals surface area contributed by atoms with Crippen molar-refractivity contribution in [2.24, 2.45) is 5.92 Å². The lowest BCUT2D eigenvalue weighted by atomic mass is 10.0. The maximum Gasteiger partial charge on any atom is 0.159 e. The van der Waals surface area contributed by atoms with Crippen LogP contribution >= 0.6 is 11.8 Å². The third kappa shape index (κ3) is 3.97. The molecule has 0 bridgehead atoms. The molecule has 0 saturated carbocycles. The Bertz CT molecular complexity index is 502. The van der Waals surface area contributed by atoms with Crippen molar-refractivity contribution >= 4 is 23.1 Å². The van der Waals surface area contributed by atoms with Crippen LogP contribution in [0.3, 0.4) is 0 Å². The smallest absolute Gasteiger partial charge is 0.159 e. The van der Waals surface area contributed by atoms with Crippen molar-refractivity contribution in [3.63, 3.8) is 0 Å². The lowest BCUT2D eigenvalue weighted by Crippen LogP contribution is -2.17. The predicted octanol–water partition coefficient (Wildman–Crippen LogP) is 4.44. The van der Waals surface area contributed by atoms with Crippen molar-refractivity contribution in [2.45, 2.75) is 31.6 Å². The highest BCUT2D eigenvalue weighted by Gasteiger charge is 2.15. The van der Waals surface area contributed by atoms with Crippen molar-refractivity contribution < 1.29 is 9.53 Å². The first kappa shape index (κ1) is 15.3. The van der Waals surface area contributed by atoms with E-state index in [1.165, 1.54) is 4.90 Å². The maximum atomic E-state index is 11.5. The Morgan fingerprint density at radius 3 is 2.65 bits per heavy atom. The number of carbonyl (C=O) groups excluding carboxylic acids is 1. The summed E-state index contributed by atoms with van der Waals surface area (Å²) in [5.74, 6) is 1.92. The first-order valence-electron chi connectivity index (χ1n) is 7.09. The summed E-state index contributed by atoms with van der Waals surface area (Å²) in [6.07, 6.45) is 2.28. The highest BCUT2D eigenvalue weighted by Crippen LogP contribution is 2.32. The molecule has 0 aromatic heterocycles. The Morgan fingerprint density at radius 2 is 2.05 bits per heavy atom. The van der Waals surface area contributed by atoms with E-state index >= 15 is 0 Å². The molecule has 0 spiro atoms. The number of allylic oxidation sites excluding steroid dienone is 1. The molecule has 20 heavy (non-hydrogen) atoms. The molecule has 1 saturated heterocycles. The van der Waals surface area contributed by atoms with Gasteiger partial charge in [0.15, 0.2) is 5.78 Å². The molecule has 0 atom stereocenters. The SMILES string of the molecule is C=C(C)c1ccc(C(C)=O)cc1SCC1CCOCC1. The predicted molar refractivity (Wildman–Crippen MR) is 85.4 cm³/mol. The summed E-state index contributed by atoms with van der Waals surface area (Å²) in [5.41, 5.74) is 2.99. The van der Waals surface area contributed by atoms with Crippen LogP contribution in [0.4, 0.5) is 0 Å². The summed E-state index contributed by atoms with van der Waals surface area (Å²) < 4.78 is 5.40. The average Bonchev–Trinajstić information content (AvgIpc) is 2.45. The molecule has 2 rings (SSSR count). The number of Topliss-reactive ketones (excluding diaryl/α,β-unsaturated/α-hetero) is 1. The number of ether oxygens (including phenoxy) is 1. The second-order valence-corrected chi connectivity index (χ2v) is 6.48. The van der Waals surface area contributed by atoms with Gasteiger partial charge in [-0.25, -0.2) is 0 Å². The van der Waals surface area contributed by atoms with Crippen molar-refractivity contribution in [3.05, 3.63) is 35.9 Å². The molecule has 1 fully saturated rings. The normalized spacial score (nSPS) is 16.1. The van der Waals surface area contributed by atoms with Gasteiger partial charge in [0.1, 0.15) is 0 Å². The summed E-state index contributed by atoms with van der Waals surface area (Å²) >= 11 is 1.84. The summed E-state index contributed by atoms with van der Waals surface area (Å²) in [7, 11) is 0. The van der Waals surface area contributed by atoms with Crippen molar-refractivity contribution in [2.75, 3.05) is 19.0 Å². The Morgan fingerprint density at radius 1 is 1.35 bits per heavy atom. The van der Waals surface area contributed by atoms with Crippen molar-refractivity contribution in [1.29, 1.82) is 0 Å². The number of hydrogen-bond acceptors (Lipinski definition) is 3. The molecule has 1 aromatic carbocycles. The highest BCUT2D eigenvalue weighted by molar-refractivity contribution is 7.99. The Kier molecular flexibility index (Phi) is 5.44. The summed E-state index contributed by atoms with van der Waals surface area (Å²) in [4.78, 5) is 12.7. The number of carbonyl (C=O) groups is 1. The van der Waals surface area contributed by atoms with Gasteiger partial charge < -0.3 is 4.74 Å². The summed E-state index contributed by atoms with van der Waals surface area (Å²) in [5, 5.41) is 0. The maximum absolute atomic E-state index is 11.5. The van der Waals surface area contributed by atoms with Gasteiger partial charge in [-0.3, -0.25) is 4.79 Å². The molecule has 1 aliphatic heterocycles. The van der Waals surface area contributed by atoms with Crippen LogP contribution in [0.25, 0.3) is 5.57 Å². The van der Waals surface area contributed by atoms with Crippen LogP contribution in [0.1, 0.15) is 42.6 Å². The number of hydrogen-bond donors (Lipinski definition) is 0. The molecule has 0 N–H and O–H groups in total. The topological polar surface area (TPSA) is 26.3 Å². The van der Waals surface area contributed by atoms with Crippen LogP contribution in [0, 0.1) is 5.92 Å². The van der Waals surface area contributed by atoms with E-state index in [9.17, 15) is 4.79 Å². The van der Waals surface area contributed by atoms with Crippen molar-refractivity contribution in [1.82, 2.24) is 0 Å². The molecule has 1 heterocycles. The van der Waals surface area contributed by atoms with Gasteiger partial charge in [0.05, 0.1) is 0 Å². The largest absolute Gasteiger partial charge is 0.381 e. The Balaban J connectivity index is 2.12. The van der Waals surface area contributed by atoms with Crippen LogP contribution in [-0.2, 0) is 4.74 Å². The molecule has 108 valence electrons. The molecule has 1 aliphatic rings. The van der Waals surface area contributed by atoms with E-state index in [0.29, 0.717) is 5.92 Å². The summed E-state index contributed by atoms with van der Waals surface area (Å²) in [6.45, 7) is 9.43. The van der Waals surface area contributed by atoms with Crippen LogP contribution < -0.4 is 0 Å². The first-order chi connectivity index (χ1) is 9.58. The monoisotopic (exact) mass is 290 g/mol. The quantitative estimate of drug-likeness (QED) is 0.592. The van der Waals surface area contributed by atoms with E-state index in [0.717, 1.165) is 48.5 Å². The minimum atomic E-state index is 0.117. The fraction of sp³-hybridized carbons (Fsp3) is 0.471. The van der Waals surface area contributed by atoms with E-state index in [-0.39, 0.29) is 5.78 Å². The van der Waals surface area contributed by atoms with E-state index in [4.69, 9.17) is 4.74 Å². The number of thioether (sulfide) groups is 1. The second kappa shape index (κ2) is 7.09. The van der Waals surface area contributed by atoms with Gasteiger partial charge in [-0.2, -0.15) is 0 Å². The zero-order valence-corrected chi connectivity index (χ0v) is 13.1. The molecular formula is C17H22O2S. The molecule has 0 radical (unpaired) electrons. The van der Waals surface area contributed by atoms with Gasteiger partial charge in [-0.15, -0.1) is 11.8 Å². The van der Waals surface area contributed by atoms with Gasteiger partial charge in [0.25, 0.3) is 0 Å². The van der Waals surface area contributed by atoms with Gasteiger partial charge >= 0.3 is 0 Å². The third-order valence-electron chi connectivity index (χ3n) is 3.66. The van der Waals surface area contributed by atoms with Gasteiger partial charge in [0.2, 0.25) is 0 Å². The number of benzene rings is 1. The second-order valence-electron chi connectivity index (χ2n) is 5.41. The van der Waals surface area contributed by atoms with Gasteiger partial charge in [-0.05, 0) is 49.8 Å². The van der Waals surface area contributed by atoms with Crippen molar-refractivity contribution in [3.8, 4) is 0 Å². The Labute approximate surface area is 125 Å². The lowest BCUT2D eigenvalue weighted by molar-refractivity contribution is 0.0728. The number of rotatable bonds is 5. The molecule has 2 nitrogen and oxygen atoms in total. The molecule has 0 aliphatic carbocycles. The van der Waals surface area contributed by atoms with Gasteiger partial charge in [-0.1, -0.05) is 18.7 Å². The zero-order valence-electron chi connectivity index (χ0n) is 12.3. The molecule has 0 amide bonds. The van der Waals surface area contributed by atoms with E-state index < -0.39 is 0 Å². The minimum Gasteiger partial charge on any atom is -0.381 e. The van der Waals surface area contributed by atoms with E-state index in [2.05, 4.69) is 6.58 Å². The minimum absolute atomic E-state index is 0.117. The average molecular weight is 290 g/mol. The fourth-order valence-electron chi connectivity index (χ4n) is 2.33.